The van der Waals surface area contributed by atoms with Gasteiger partial charge in [0.15, 0.2) is 10.9 Å². The molecule has 9 nitrogen and oxygen atoms in total. The van der Waals surface area contributed by atoms with E-state index in [1.54, 1.807) is 18.2 Å². The van der Waals surface area contributed by atoms with Crippen LogP contribution in [0.15, 0.2) is 62.0 Å². The predicted molar refractivity (Wildman–Crippen MR) is 128 cm³/mol. The number of carbonyl (C=O) groups excluding carboxylic acids is 1. The molecule has 0 spiro atoms. The van der Waals surface area contributed by atoms with Crippen LogP contribution in [0.5, 0.6) is 0 Å². The SMILES string of the molecule is CC(Sc1nc2ccccc2c(=O)n1-c1ccc(F)cc1F)C(=O)c1c(N)n(C)c(=O)n(C)c1=O. The molecule has 0 aliphatic carbocycles. The summed E-state index contributed by atoms with van der Waals surface area (Å²) in [7, 11) is 2.55. The van der Waals surface area contributed by atoms with Gasteiger partial charge < -0.3 is 5.73 Å². The number of thioether (sulfide) groups is 1. The number of nitrogen functional groups attached to an aromatic ring is 1. The van der Waals surface area contributed by atoms with Crippen LogP contribution in [-0.2, 0) is 14.1 Å². The molecule has 0 fully saturated rings. The van der Waals surface area contributed by atoms with E-state index in [9.17, 15) is 28.0 Å². The van der Waals surface area contributed by atoms with Crippen molar-refractivity contribution in [3.05, 3.63) is 90.9 Å². The van der Waals surface area contributed by atoms with E-state index >= 15 is 0 Å². The molecule has 4 aromatic rings. The van der Waals surface area contributed by atoms with Gasteiger partial charge in [-0.25, -0.2) is 18.6 Å². The molecule has 12 heteroatoms. The fourth-order valence-corrected chi connectivity index (χ4v) is 4.55. The minimum Gasteiger partial charge on any atom is -0.384 e. The first-order valence-corrected chi connectivity index (χ1v) is 11.1. The molecule has 0 saturated carbocycles. The van der Waals surface area contributed by atoms with Crippen LogP contribution in [0.2, 0.25) is 0 Å². The number of fused-ring (bicyclic) bond motifs is 1. The number of hydrogen-bond acceptors (Lipinski definition) is 7. The third kappa shape index (κ3) is 4.05. The van der Waals surface area contributed by atoms with Crippen LogP contribution in [0, 0.1) is 11.6 Å². The molecule has 2 N–H and O–H groups in total. The lowest BCUT2D eigenvalue weighted by atomic mass is 10.1. The maximum Gasteiger partial charge on any atom is 0.332 e. The van der Waals surface area contributed by atoms with Crippen LogP contribution < -0.4 is 22.5 Å². The lowest BCUT2D eigenvalue weighted by Gasteiger charge is -2.17. The van der Waals surface area contributed by atoms with Gasteiger partial charge in [-0.2, -0.15) is 0 Å². The standard InChI is InChI=1S/C23H19F2N5O4S/c1-11(18(31)17-19(26)28(2)23(34)29(3)21(17)33)35-22-27-15-7-5-4-6-13(15)20(32)30(22)16-9-8-12(24)10-14(16)25/h4-11H,26H2,1-3H3. The van der Waals surface area contributed by atoms with Crippen molar-refractivity contribution in [2.24, 2.45) is 14.1 Å². The van der Waals surface area contributed by atoms with Gasteiger partial charge in [-0.15, -0.1) is 0 Å². The lowest BCUT2D eigenvalue weighted by molar-refractivity contribution is 0.0992. The maximum absolute atomic E-state index is 14.7. The van der Waals surface area contributed by atoms with E-state index in [2.05, 4.69) is 4.98 Å². The summed E-state index contributed by atoms with van der Waals surface area (Å²) in [6.45, 7) is 1.46. The van der Waals surface area contributed by atoms with Gasteiger partial charge in [-0.3, -0.25) is 28.1 Å². The number of halogens is 2. The zero-order valence-corrected chi connectivity index (χ0v) is 19.6. The molecule has 2 aromatic heterocycles. The summed E-state index contributed by atoms with van der Waals surface area (Å²) in [5.41, 5.74) is 3.38. The summed E-state index contributed by atoms with van der Waals surface area (Å²) >= 11 is 0.794. The Hall–Kier alpha value is -4.06. The second-order valence-corrected chi connectivity index (χ2v) is 9.05. The molecule has 2 heterocycles. The Morgan fingerprint density at radius 1 is 1.03 bits per heavy atom. The molecule has 180 valence electrons. The zero-order valence-electron chi connectivity index (χ0n) is 18.8. The molecule has 0 radical (unpaired) electrons. The van der Waals surface area contributed by atoms with Crippen LogP contribution in [0.25, 0.3) is 16.6 Å². The van der Waals surface area contributed by atoms with E-state index in [4.69, 9.17) is 5.73 Å². The molecule has 2 aromatic carbocycles. The van der Waals surface area contributed by atoms with Crippen molar-refractivity contribution in [3.63, 3.8) is 0 Å². The van der Waals surface area contributed by atoms with Crippen molar-refractivity contribution in [2.75, 3.05) is 5.73 Å². The smallest absolute Gasteiger partial charge is 0.332 e. The summed E-state index contributed by atoms with van der Waals surface area (Å²) in [5, 5.41) is -0.888. The summed E-state index contributed by atoms with van der Waals surface area (Å²) in [4.78, 5) is 55.7. The molecular weight excluding hydrogens is 480 g/mol. The number of anilines is 1. The summed E-state index contributed by atoms with van der Waals surface area (Å²) in [6.07, 6.45) is 0. The van der Waals surface area contributed by atoms with Crippen LogP contribution >= 0.6 is 11.8 Å². The third-order valence-corrected chi connectivity index (χ3v) is 6.56. The number of carbonyl (C=O) groups is 1. The second kappa shape index (κ2) is 8.95. The monoisotopic (exact) mass is 499 g/mol. The average molecular weight is 499 g/mol. The van der Waals surface area contributed by atoms with E-state index in [0.717, 1.165) is 37.6 Å². The Morgan fingerprint density at radius 2 is 1.71 bits per heavy atom. The van der Waals surface area contributed by atoms with E-state index in [1.165, 1.54) is 27.1 Å². The van der Waals surface area contributed by atoms with Crippen LogP contribution in [-0.4, -0.2) is 29.7 Å². The first-order valence-electron chi connectivity index (χ1n) is 10.3. The Balaban J connectivity index is 1.88. The Labute approximate surface area is 200 Å². The minimum atomic E-state index is -1.02. The Morgan fingerprint density at radius 3 is 2.40 bits per heavy atom. The highest BCUT2D eigenvalue weighted by Gasteiger charge is 2.27. The van der Waals surface area contributed by atoms with Gasteiger partial charge in [0.1, 0.15) is 23.0 Å². The largest absolute Gasteiger partial charge is 0.384 e. The molecule has 1 unspecified atom stereocenters. The summed E-state index contributed by atoms with van der Waals surface area (Å²) < 4.78 is 30.9. The summed E-state index contributed by atoms with van der Waals surface area (Å²) in [5.74, 6) is -2.84. The highest BCUT2D eigenvalue weighted by atomic mass is 32.2. The number of Topliss-reactive ketones (excluding diaryl/α,β-unsaturated/α-hetero) is 1. The first-order chi connectivity index (χ1) is 16.5. The Kier molecular flexibility index (Phi) is 6.15. The van der Waals surface area contributed by atoms with Crippen LogP contribution in [0.3, 0.4) is 0 Å². The van der Waals surface area contributed by atoms with Gasteiger partial charge >= 0.3 is 5.69 Å². The Bertz CT molecular complexity index is 1690. The summed E-state index contributed by atoms with van der Waals surface area (Å²) in [6, 6.07) is 9.11. The van der Waals surface area contributed by atoms with Gasteiger partial charge in [0.2, 0.25) is 0 Å². The zero-order chi connectivity index (χ0) is 25.6. The number of rotatable bonds is 5. The molecule has 0 aliphatic heterocycles. The van der Waals surface area contributed by atoms with Crippen molar-refractivity contribution >= 4 is 34.3 Å². The minimum absolute atomic E-state index is 0.0553. The highest BCUT2D eigenvalue weighted by Crippen LogP contribution is 2.28. The molecule has 35 heavy (non-hydrogen) atoms. The topological polar surface area (TPSA) is 122 Å². The van der Waals surface area contributed by atoms with Gasteiger partial charge in [0.25, 0.3) is 11.1 Å². The lowest BCUT2D eigenvalue weighted by Crippen LogP contribution is -2.42. The highest BCUT2D eigenvalue weighted by molar-refractivity contribution is 8.00. The fourth-order valence-electron chi connectivity index (χ4n) is 3.57. The fraction of sp³-hybridized carbons (Fsp3) is 0.174. The van der Waals surface area contributed by atoms with E-state index in [1.807, 2.05) is 0 Å². The average Bonchev–Trinajstić information content (AvgIpc) is 2.82. The van der Waals surface area contributed by atoms with Crippen molar-refractivity contribution in [3.8, 4) is 5.69 Å². The second-order valence-electron chi connectivity index (χ2n) is 7.74. The van der Waals surface area contributed by atoms with Gasteiger partial charge in [-0.05, 0) is 31.2 Å². The van der Waals surface area contributed by atoms with Gasteiger partial charge in [-0.1, -0.05) is 23.9 Å². The third-order valence-electron chi connectivity index (χ3n) is 5.50. The van der Waals surface area contributed by atoms with Crippen molar-refractivity contribution in [1.82, 2.24) is 18.7 Å². The number of aromatic nitrogens is 4. The maximum atomic E-state index is 14.7. The normalized spacial score (nSPS) is 12.1. The van der Waals surface area contributed by atoms with Crippen LogP contribution in [0.1, 0.15) is 17.3 Å². The quantitative estimate of drug-likeness (QED) is 0.253. The van der Waals surface area contributed by atoms with E-state index in [-0.39, 0.29) is 22.0 Å². The number of hydrogen-bond donors (Lipinski definition) is 1. The van der Waals surface area contributed by atoms with Crippen molar-refractivity contribution in [1.29, 1.82) is 0 Å². The van der Waals surface area contributed by atoms with Crippen molar-refractivity contribution < 1.29 is 13.6 Å². The molecule has 0 saturated heterocycles. The predicted octanol–water partition coefficient (Wildman–Crippen LogP) is 2.01. The molecule has 0 amide bonds. The van der Waals surface area contributed by atoms with Gasteiger partial charge in [0, 0.05) is 20.2 Å². The van der Waals surface area contributed by atoms with Crippen molar-refractivity contribution in [2.45, 2.75) is 17.3 Å². The molecule has 4 rings (SSSR count). The molecule has 0 aliphatic rings. The number of para-hydroxylation sites is 1. The van der Waals surface area contributed by atoms with Gasteiger partial charge in [0.05, 0.1) is 21.8 Å². The van der Waals surface area contributed by atoms with E-state index in [0.29, 0.717) is 11.6 Å². The molecular formula is C23H19F2N5O4S. The molecule has 1 atom stereocenters. The number of nitrogens with zero attached hydrogens (tertiary/aromatic N) is 4. The number of ketones is 1. The number of benzene rings is 2. The molecule has 0 bridgehead atoms. The first kappa shape index (κ1) is 24.1. The van der Waals surface area contributed by atoms with Crippen LogP contribution in [0.4, 0.5) is 14.6 Å². The van der Waals surface area contributed by atoms with E-state index < -0.39 is 45.0 Å². The number of nitrogens with two attached hydrogens (primary N) is 1.